The minimum Gasteiger partial charge on any atom is -0.387 e. The van der Waals surface area contributed by atoms with E-state index in [1.807, 2.05) is 13.2 Å². The zero-order valence-corrected chi connectivity index (χ0v) is 11.3. The molecule has 0 saturated carbocycles. The van der Waals surface area contributed by atoms with Gasteiger partial charge in [-0.15, -0.1) is 0 Å². The Hall–Kier alpha value is -0.260. The maximum absolute atomic E-state index is 11.5. The van der Waals surface area contributed by atoms with Crippen LogP contribution in [0.3, 0.4) is 0 Å². The van der Waals surface area contributed by atoms with Crippen molar-refractivity contribution in [2.45, 2.75) is 44.8 Å². The van der Waals surface area contributed by atoms with Gasteiger partial charge in [-0.1, -0.05) is 13.3 Å². The van der Waals surface area contributed by atoms with Gasteiger partial charge in [-0.3, -0.25) is 4.79 Å². The molecule has 4 nitrogen and oxygen atoms in total. The molecule has 0 rings (SSSR count). The monoisotopic (exact) mass is 248 g/mol. The Labute approximate surface area is 102 Å². The lowest BCUT2D eigenvalue weighted by atomic mass is 10.1. The molecule has 0 aromatic rings. The van der Waals surface area contributed by atoms with Crippen molar-refractivity contribution in [3.8, 4) is 0 Å². The van der Waals surface area contributed by atoms with Gasteiger partial charge in [-0.05, 0) is 19.6 Å². The SMILES string of the molecule is CCCC(N)CC(=O)NCC(C)(O)CSC. The lowest BCUT2D eigenvalue weighted by molar-refractivity contribution is -0.122. The standard InChI is InChI=1S/C11H24N2O2S/c1-4-5-9(12)6-10(14)13-7-11(2,15)8-16-3/h9,15H,4-8,12H2,1-3H3,(H,13,14). The molecule has 2 unspecified atom stereocenters. The van der Waals surface area contributed by atoms with Crippen LogP contribution >= 0.6 is 11.8 Å². The van der Waals surface area contributed by atoms with Crippen LogP contribution in [0.15, 0.2) is 0 Å². The Bertz CT molecular complexity index is 210. The van der Waals surface area contributed by atoms with E-state index in [9.17, 15) is 9.90 Å². The molecule has 2 atom stereocenters. The molecule has 0 bridgehead atoms. The fraction of sp³-hybridized carbons (Fsp3) is 0.909. The molecule has 96 valence electrons. The largest absolute Gasteiger partial charge is 0.387 e. The normalized spacial score (nSPS) is 16.6. The van der Waals surface area contributed by atoms with Gasteiger partial charge < -0.3 is 16.2 Å². The average molecular weight is 248 g/mol. The molecule has 0 fully saturated rings. The van der Waals surface area contributed by atoms with Gasteiger partial charge in [0, 0.05) is 24.8 Å². The molecule has 16 heavy (non-hydrogen) atoms. The van der Waals surface area contributed by atoms with E-state index in [0.717, 1.165) is 12.8 Å². The van der Waals surface area contributed by atoms with Crippen molar-refractivity contribution in [1.82, 2.24) is 5.32 Å². The van der Waals surface area contributed by atoms with Crippen LogP contribution in [-0.4, -0.2) is 41.2 Å². The van der Waals surface area contributed by atoms with E-state index in [0.29, 0.717) is 12.2 Å². The highest BCUT2D eigenvalue weighted by atomic mass is 32.2. The second-order valence-corrected chi connectivity index (χ2v) is 5.33. The highest BCUT2D eigenvalue weighted by Crippen LogP contribution is 2.09. The van der Waals surface area contributed by atoms with Crippen LogP contribution < -0.4 is 11.1 Å². The summed E-state index contributed by atoms with van der Waals surface area (Å²) in [7, 11) is 0. The van der Waals surface area contributed by atoms with Crippen LogP contribution in [-0.2, 0) is 4.79 Å². The molecule has 1 amide bonds. The van der Waals surface area contributed by atoms with E-state index in [-0.39, 0.29) is 18.5 Å². The van der Waals surface area contributed by atoms with E-state index in [1.54, 1.807) is 18.7 Å². The van der Waals surface area contributed by atoms with E-state index in [1.165, 1.54) is 0 Å². The topological polar surface area (TPSA) is 75.4 Å². The smallest absolute Gasteiger partial charge is 0.221 e. The molecule has 5 heteroatoms. The zero-order chi connectivity index (χ0) is 12.6. The summed E-state index contributed by atoms with van der Waals surface area (Å²) >= 11 is 1.56. The van der Waals surface area contributed by atoms with Gasteiger partial charge in [0.05, 0.1) is 5.60 Å². The molecule has 0 aliphatic heterocycles. The van der Waals surface area contributed by atoms with Gasteiger partial charge in [0.25, 0.3) is 0 Å². The summed E-state index contributed by atoms with van der Waals surface area (Å²) in [5.74, 6) is 0.524. The number of rotatable bonds is 8. The van der Waals surface area contributed by atoms with Gasteiger partial charge in [0.1, 0.15) is 0 Å². The fourth-order valence-corrected chi connectivity index (χ4v) is 2.16. The van der Waals surface area contributed by atoms with Crippen LogP contribution in [0.2, 0.25) is 0 Å². The van der Waals surface area contributed by atoms with Crippen LogP contribution in [0.4, 0.5) is 0 Å². The molecule has 0 radical (unpaired) electrons. The van der Waals surface area contributed by atoms with Crippen molar-refractivity contribution in [2.75, 3.05) is 18.6 Å². The maximum atomic E-state index is 11.5. The summed E-state index contributed by atoms with van der Waals surface area (Å²) in [5, 5.41) is 12.5. The summed E-state index contributed by atoms with van der Waals surface area (Å²) < 4.78 is 0. The number of aliphatic hydroxyl groups is 1. The predicted molar refractivity (Wildman–Crippen MR) is 69.5 cm³/mol. The third-order valence-electron chi connectivity index (χ3n) is 2.23. The number of hydrogen-bond acceptors (Lipinski definition) is 4. The minimum atomic E-state index is -0.843. The first-order valence-corrected chi connectivity index (χ1v) is 7.04. The Balaban J connectivity index is 3.80. The van der Waals surface area contributed by atoms with Crippen molar-refractivity contribution < 1.29 is 9.90 Å². The van der Waals surface area contributed by atoms with Crippen molar-refractivity contribution in [3.63, 3.8) is 0 Å². The molecule has 0 aromatic heterocycles. The van der Waals surface area contributed by atoms with Gasteiger partial charge in [0.2, 0.25) is 5.91 Å². The van der Waals surface area contributed by atoms with Crippen LogP contribution in [0, 0.1) is 0 Å². The van der Waals surface area contributed by atoms with Gasteiger partial charge in [-0.25, -0.2) is 0 Å². The van der Waals surface area contributed by atoms with Crippen LogP contribution in [0.5, 0.6) is 0 Å². The molecule has 0 heterocycles. The maximum Gasteiger partial charge on any atom is 0.221 e. The molecule has 0 aliphatic rings. The molecule has 4 N–H and O–H groups in total. The number of thioether (sulfide) groups is 1. The van der Waals surface area contributed by atoms with Crippen molar-refractivity contribution >= 4 is 17.7 Å². The fourth-order valence-electron chi connectivity index (χ4n) is 1.43. The van der Waals surface area contributed by atoms with Gasteiger partial charge in [-0.2, -0.15) is 11.8 Å². The van der Waals surface area contributed by atoms with Crippen LogP contribution in [0.1, 0.15) is 33.1 Å². The Kier molecular flexibility index (Phi) is 7.80. The number of nitrogens with one attached hydrogen (secondary N) is 1. The number of carbonyl (C=O) groups is 1. The molecular weight excluding hydrogens is 224 g/mol. The summed E-state index contributed by atoms with van der Waals surface area (Å²) in [6.45, 7) is 4.04. The zero-order valence-electron chi connectivity index (χ0n) is 10.5. The minimum absolute atomic E-state index is 0.0736. The summed E-state index contributed by atoms with van der Waals surface area (Å²) in [6, 6.07) is -0.0736. The lowest BCUT2D eigenvalue weighted by Crippen LogP contribution is -2.43. The number of nitrogens with two attached hydrogens (primary N) is 1. The molecular formula is C11H24N2O2S. The highest BCUT2D eigenvalue weighted by molar-refractivity contribution is 7.98. The third kappa shape index (κ3) is 7.96. The van der Waals surface area contributed by atoms with Crippen molar-refractivity contribution in [2.24, 2.45) is 5.73 Å². The van der Waals surface area contributed by atoms with E-state index in [4.69, 9.17) is 5.73 Å². The highest BCUT2D eigenvalue weighted by Gasteiger charge is 2.20. The predicted octanol–water partition coefficient (Wildman–Crippen LogP) is 0.734. The molecule has 0 spiro atoms. The molecule has 0 saturated heterocycles. The van der Waals surface area contributed by atoms with Crippen molar-refractivity contribution in [3.05, 3.63) is 0 Å². The first-order valence-electron chi connectivity index (χ1n) is 5.65. The second kappa shape index (κ2) is 7.92. The summed E-state index contributed by atoms with van der Waals surface area (Å²) in [4.78, 5) is 11.5. The first-order chi connectivity index (χ1) is 7.41. The summed E-state index contributed by atoms with van der Waals surface area (Å²) in [5.41, 5.74) is 4.91. The lowest BCUT2D eigenvalue weighted by Gasteiger charge is -2.22. The van der Waals surface area contributed by atoms with E-state index >= 15 is 0 Å². The number of hydrogen-bond donors (Lipinski definition) is 3. The van der Waals surface area contributed by atoms with Gasteiger partial charge in [0.15, 0.2) is 0 Å². The van der Waals surface area contributed by atoms with Crippen molar-refractivity contribution in [1.29, 1.82) is 0 Å². The Morgan fingerprint density at radius 3 is 2.75 bits per heavy atom. The second-order valence-electron chi connectivity index (χ2n) is 4.46. The van der Waals surface area contributed by atoms with E-state index < -0.39 is 5.60 Å². The summed E-state index contributed by atoms with van der Waals surface area (Å²) in [6.07, 6.45) is 4.10. The van der Waals surface area contributed by atoms with Crippen LogP contribution in [0.25, 0.3) is 0 Å². The molecule has 0 aromatic carbocycles. The number of amides is 1. The Morgan fingerprint density at radius 2 is 2.25 bits per heavy atom. The first kappa shape index (κ1) is 15.7. The van der Waals surface area contributed by atoms with Gasteiger partial charge >= 0.3 is 0 Å². The molecule has 0 aliphatic carbocycles. The quantitative estimate of drug-likeness (QED) is 0.592. The average Bonchev–Trinajstić information content (AvgIpc) is 2.15. The Morgan fingerprint density at radius 1 is 1.62 bits per heavy atom. The van der Waals surface area contributed by atoms with E-state index in [2.05, 4.69) is 5.32 Å². The third-order valence-corrected chi connectivity index (χ3v) is 3.14. The number of carbonyl (C=O) groups excluding carboxylic acids is 1.